The van der Waals surface area contributed by atoms with Crippen LogP contribution in [0.1, 0.15) is 66.8 Å². The highest BCUT2D eigenvalue weighted by Crippen LogP contribution is 2.26. The lowest BCUT2D eigenvalue weighted by Gasteiger charge is -2.12. The van der Waals surface area contributed by atoms with Crippen LogP contribution in [-0.2, 0) is 0 Å². The molecule has 9 heteroatoms. The van der Waals surface area contributed by atoms with Gasteiger partial charge in [0.05, 0.1) is 22.3 Å². The minimum atomic E-state index is -1.54. The summed E-state index contributed by atoms with van der Waals surface area (Å²) in [5.41, 5.74) is 4.65. The van der Waals surface area contributed by atoms with E-state index in [0.29, 0.717) is 23.1 Å². The van der Waals surface area contributed by atoms with Crippen molar-refractivity contribution in [2.45, 2.75) is 19.8 Å². The van der Waals surface area contributed by atoms with Gasteiger partial charge in [0.1, 0.15) is 11.5 Å². The number of hydrogen-bond acceptors (Lipinski definition) is 5. The Kier molecular flexibility index (Phi) is 6.96. The number of nitrogens with two attached hydrogens (primary N) is 1. The molecule has 0 bridgehead atoms. The third-order valence-electron chi connectivity index (χ3n) is 5.02. The highest BCUT2D eigenvalue weighted by molar-refractivity contribution is 6.14. The summed E-state index contributed by atoms with van der Waals surface area (Å²) < 4.78 is 5.79. The zero-order valence-corrected chi connectivity index (χ0v) is 18.4. The van der Waals surface area contributed by atoms with Gasteiger partial charge in [-0.05, 0) is 60.0 Å². The molecule has 3 aromatic carbocycles. The van der Waals surface area contributed by atoms with Gasteiger partial charge in [0.15, 0.2) is 0 Å². The summed E-state index contributed by atoms with van der Waals surface area (Å²) in [5.74, 6) is -3.47. The third-order valence-corrected chi connectivity index (χ3v) is 5.02. The average Bonchev–Trinajstić information content (AvgIpc) is 2.79. The van der Waals surface area contributed by atoms with E-state index in [4.69, 9.17) is 10.5 Å². The fraction of sp³-hybridized carbons (Fsp3) is 0.120. The Morgan fingerprint density at radius 1 is 0.765 bits per heavy atom. The van der Waals surface area contributed by atoms with Crippen molar-refractivity contribution in [3.8, 4) is 11.5 Å². The number of rotatable bonds is 8. The van der Waals surface area contributed by atoms with Gasteiger partial charge >= 0.3 is 11.9 Å². The first-order valence-corrected chi connectivity index (χ1v) is 10.2. The van der Waals surface area contributed by atoms with Crippen molar-refractivity contribution in [2.24, 2.45) is 5.73 Å². The van der Waals surface area contributed by atoms with Crippen LogP contribution in [-0.4, -0.2) is 34.0 Å². The molecule has 0 atom stereocenters. The number of carboxylic acid groups (broad SMARTS) is 2. The fourth-order valence-corrected chi connectivity index (χ4v) is 3.21. The normalized spacial score (nSPS) is 10.6. The molecule has 3 aromatic rings. The molecule has 0 aromatic heterocycles. The number of hydrogen-bond donors (Lipinski definition) is 4. The van der Waals surface area contributed by atoms with Crippen LogP contribution in [0.3, 0.4) is 0 Å². The SMILES string of the molecule is CC(C)c1ccc(Oc2ccc(NC(=O)c3cc(C(N)=O)c(C(=O)O)cc3C(=O)O)cc2)cc1. The van der Waals surface area contributed by atoms with Gasteiger partial charge < -0.3 is 26.0 Å². The number of aromatic carboxylic acids is 2. The average molecular weight is 462 g/mol. The number of nitrogens with one attached hydrogen (secondary N) is 1. The van der Waals surface area contributed by atoms with Gasteiger partial charge in [-0.2, -0.15) is 0 Å². The monoisotopic (exact) mass is 462 g/mol. The zero-order valence-electron chi connectivity index (χ0n) is 18.4. The van der Waals surface area contributed by atoms with Crippen LogP contribution < -0.4 is 15.8 Å². The first-order chi connectivity index (χ1) is 16.1. The maximum absolute atomic E-state index is 12.8. The Hall–Kier alpha value is -4.66. The third kappa shape index (κ3) is 5.39. The molecule has 0 aliphatic carbocycles. The number of ether oxygens (including phenoxy) is 1. The maximum Gasteiger partial charge on any atom is 0.336 e. The lowest BCUT2D eigenvalue weighted by Crippen LogP contribution is -2.22. The van der Waals surface area contributed by atoms with Crippen LogP contribution in [0.15, 0.2) is 60.7 Å². The van der Waals surface area contributed by atoms with E-state index < -0.39 is 46.0 Å². The minimum absolute atomic E-state index is 0.326. The van der Waals surface area contributed by atoms with Crippen LogP contribution in [0.25, 0.3) is 0 Å². The van der Waals surface area contributed by atoms with Crippen molar-refractivity contribution in [1.82, 2.24) is 0 Å². The quantitative estimate of drug-likeness (QED) is 0.388. The number of primary amides is 1. The molecule has 34 heavy (non-hydrogen) atoms. The summed E-state index contributed by atoms with van der Waals surface area (Å²) in [7, 11) is 0. The highest BCUT2D eigenvalue weighted by atomic mass is 16.5. The van der Waals surface area contributed by atoms with Gasteiger partial charge in [-0.15, -0.1) is 0 Å². The second-order valence-electron chi connectivity index (χ2n) is 7.72. The molecule has 0 fully saturated rings. The van der Waals surface area contributed by atoms with Crippen molar-refractivity contribution in [3.63, 3.8) is 0 Å². The maximum atomic E-state index is 12.8. The fourth-order valence-electron chi connectivity index (χ4n) is 3.21. The molecule has 0 aliphatic rings. The summed E-state index contributed by atoms with van der Waals surface area (Å²) in [6.45, 7) is 4.19. The van der Waals surface area contributed by atoms with E-state index in [2.05, 4.69) is 19.2 Å². The van der Waals surface area contributed by atoms with E-state index >= 15 is 0 Å². The first kappa shape index (κ1) is 24.0. The lowest BCUT2D eigenvalue weighted by atomic mass is 9.97. The molecular weight excluding hydrogens is 440 g/mol. The molecule has 9 nitrogen and oxygen atoms in total. The summed E-state index contributed by atoms with van der Waals surface area (Å²) in [5, 5.41) is 21.2. The highest BCUT2D eigenvalue weighted by Gasteiger charge is 2.24. The summed E-state index contributed by atoms with van der Waals surface area (Å²) >= 11 is 0. The van der Waals surface area contributed by atoms with Crippen molar-refractivity contribution in [3.05, 3.63) is 88.5 Å². The van der Waals surface area contributed by atoms with E-state index in [1.165, 1.54) is 5.56 Å². The number of benzene rings is 3. The Morgan fingerprint density at radius 3 is 1.71 bits per heavy atom. The van der Waals surface area contributed by atoms with Crippen LogP contribution in [0.2, 0.25) is 0 Å². The Balaban J connectivity index is 1.81. The molecule has 174 valence electrons. The molecule has 0 unspecified atom stereocenters. The van der Waals surface area contributed by atoms with Gasteiger partial charge in [0.2, 0.25) is 5.91 Å². The Bertz CT molecular complexity index is 1260. The van der Waals surface area contributed by atoms with E-state index in [1.54, 1.807) is 24.3 Å². The molecule has 3 rings (SSSR count). The number of carboxylic acids is 2. The van der Waals surface area contributed by atoms with Gasteiger partial charge in [0.25, 0.3) is 5.91 Å². The molecule has 0 saturated carbocycles. The summed E-state index contributed by atoms with van der Waals surface area (Å²) in [6.07, 6.45) is 0. The van der Waals surface area contributed by atoms with Crippen LogP contribution in [0, 0.1) is 0 Å². The van der Waals surface area contributed by atoms with Crippen molar-refractivity contribution >= 4 is 29.4 Å². The van der Waals surface area contributed by atoms with Crippen molar-refractivity contribution in [1.29, 1.82) is 0 Å². The molecule has 0 spiro atoms. The van der Waals surface area contributed by atoms with E-state index in [0.717, 1.165) is 12.1 Å². The molecule has 5 N–H and O–H groups in total. The topological polar surface area (TPSA) is 156 Å². The summed E-state index contributed by atoms with van der Waals surface area (Å²) in [6, 6.07) is 15.6. The Labute approximate surface area is 194 Å². The second kappa shape index (κ2) is 9.86. The van der Waals surface area contributed by atoms with Gasteiger partial charge in [-0.25, -0.2) is 9.59 Å². The minimum Gasteiger partial charge on any atom is -0.478 e. The molecule has 0 saturated heterocycles. The van der Waals surface area contributed by atoms with E-state index in [9.17, 15) is 29.4 Å². The van der Waals surface area contributed by atoms with Crippen molar-refractivity contribution in [2.75, 3.05) is 5.32 Å². The molecule has 2 amide bonds. The van der Waals surface area contributed by atoms with Crippen LogP contribution in [0.5, 0.6) is 11.5 Å². The van der Waals surface area contributed by atoms with Gasteiger partial charge in [0, 0.05) is 5.69 Å². The van der Waals surface area contributed by atoms with Crippen molar-refractivity contribution < 1.29 is 34.1 Å². The predicted octanol–water partition coefficient (Wildman–Crippen LogP) is 4.35. The van der Waals surface area contributed by atoms with E-state index in [1.807, 2.05) is 24.3 Å². The largest absolute Gasteiger partial charge is 0.478 e. The molecule has 0 heterocycles. The second-order valence-corrected chi connectivity index (χ2v) is 7.72. The van der Waals surface area contributed by atoms with Gasteiger partial charge in [-0.3, -0.25) is 9.59 Å². The number of anilines is 1. The van der Waals surface area contributed by atoms with Crippen LogP contribution in [0.4, 0.5) is 5.69 Å². The Morgan fingerprint density at radius 2 is 1.24 bits per heavy atom. The molecule has 0 radical (unpaired) electrons. The van der Waals surface area contributed by atoms with Crippen LogP contribution >= 0.6 is 0 Å². The number of amides is 2. The van der Waals surface area contributed by atoms with E-state index in [-0.39, 0.29) is 0 Å². The summed E-state index contributed by atoms with van der Waals surface area (Å²) in [4.78, 5) is 47.4. The van der Waals surface area contributed by atoms with Gasteiger partial charge in [-0.1, -0.05) is 26.0 Å². The first-order valence-electron chi connectivity index (χ1n) is 10.2. The standard InChI is InChI=1S/C25H22N2O7/c1-13(2)14-3-7-16(8-4-14)34-17-9-5-15(6-10-17)27-23(29)19-11-18(22(26)28)20(24(30)31)12-21(19)25(32)33/h3-13H,1-2H3,(H2,26,28)(H,27,29)(H,30,31)(H,32,33). The number of carbonyl (C=O) groups is 4. The smallest absolute Gasteiger partial charge is 0.336 e. The number of carbonyl (C=O) groups excluding carboxylic acids is 2. The predicted molar refractivity (Wildman–Crippen MR) is 124 cm³/mol. The lowest BCUT2D eigenvalue weighted by molar-refractivity contribution is 0.0689. The zero-order chi connectivity index (χ0) is 25.0. The molecular formula is C25H22N2O7. The molecule has 0 aliphatic heterocycles.